The van der Waals surface area contributed by atoms with Gasteiger partial charge in [-0.05, 0) is 29.7 Å². The number of aromatic nitrogens is 1. The van der Waals surface area contributed by atoms with Crippen LogP contribution in [0.25, 0.3) is 0 Å². The Bertz CT molecular complexity index is 507. The number of nitrogens with zero attached hydrogens (tertiary/aromatic N) is 1. The Morgan fingerprint density at radius 1 is 1.28 bits per heavy atom. The number of hydrogen-bond acceptors (Lipinski definition) is 1. The summed E-state index contributed by atoms with van der Waals surface area (Å²) in [6.07, 6.45) is 5.40. The second-order valence-corrected chi connectivity index (χ2v) is 4.92. The highest BCUT2D eigenvalue weighted by Crippen LogP contribution is 2.20. The van der Waals surface area contributed by atoms with Gasteiger partial charge in [-0.3, -0.25) is 0 Å². The molecule has 0 amide bonds. The molecule has 96 valence electrons. The third-order valence-electron chi connectivity index (χ3n) is 3.03. The van der Waals surface area contributed by atoms with E-state index in [0.29, 0.717) is 0 Å². The fourth-order valence-corrected chi connectivity index (χ4v) is 2.21. The lowest BCUT2D eigenvalue weighted by Crippen LogP contribution is -1.98. The highest BCUT2D eigenvalue weighted by atomic mass is 35.5. The Hall–Kier alpha value is -1.25. The summed E-state index contributed by atoms with van der Waals surface area (Å²) >= 11 is 6.13. The molecule has 0 fully saturated rings. The van der Waals surface area contributed by atoms with E-state index in [1.807, 2.05) is 42.7 Å². The second kappa shape index (κ2) is 6.07. The number of halogens is 1. The summed E-state index contributed by atoms with van der Waals surface area (Å²) in [6, 6.07) is 9.80. The Morgan fingerprint density at radius 2 is 2.06 bits per heavy atom. The van der Waals surface area contributed by atoms with Crippen molar-refractivity contribution >= 4 is 11.6 Å². The van der Waals surface area contributed by atoms with Crippen molar-refractivity contribution in [3.05, 3.63) is 58.9 Å². The number of hydrogen-bond donors (Lipinski definition) is 1. The van der Waals surface area contributed by atoms with Gasteiger partial charge in [-0.2, -0.15) is 0 Å². The van der Waals surface area contributed by atoms with E-state index >= 15 is 0 Å². The monoisotopic (exact) mass is 263 g/mol. The van der Waals surface area contributed by atoms with Crippen molar-refractivity contribution in [1.29, 1.82) is 0 Å². The summed E-state index contributed by atoms with van der Waals surface area (Å²) in [6.45, 7) is 2.81. The largest absolute Gasteiger partial charge is 0.388 e. The molecule has 18 heavy (non-hydrogen) atoms. The van der Waals surface area contributed by atoms with Crippen molar-refractivity contribution < 1.29 is 5.11 Å². The zero-order valence-electron chi connectivity index (χ0n) is 10.5. The molecule has 0 saturated carbocycles. The molecular weight excluding hydrogens is 246 g/mol. The van der Waals surface area contributed by atoms with E-state index in [4.69, 9.17) is 11.6 Å². The third kappa shape index (κ3) is 3.15. The first-order valence-electron chi connectivity index (χ1n) is 6.28. The second-order valence-electron chi connectivity index (χ2n) is 4.51. The maximum absolute atomic E-state index is 9.92. The van der Waals surface area contributed by atoms with Gasteiger partial charge in [-0.1, -0.05) is 43.1 Å². The smallest absolute Gasteiger partial charge is 0.0804 e. The summed E-state index contributed by atoms with van der Waals surface area (Å²) in [5.74, 6) is 0. The molecule has 1 aromatic carbocycles. The first-order valence-corrected chi connectivity index (χ1v) is 6.65. The predicted octanol–water partition coefficient (Wildman–Crippen LogP) is 4.02. The zero-order valence-corrected chi connectivity index (χ0v) is 11.3. The standard InChI is InChI=1S/C15H18ClNO/c1-2-5-15(18)13-8-9-17(11-13)10-12-6-3-4-7-14(12)16/h3-4,6-9,11,15,18H,2,5,10H2,1H3. The lowest BCUT2D eigenvalue weighted by atomic mass is 10.1. The molecule has 1 aromatic heterocycles. The number of aliphatic hydroxyl groups excluding tert-OH is 1. The molecule has 3 heteroatoms. The first-order chi connectivity index (χ1) is 8.70. The van der Waals surface area contributed by atoms with Gasteiger partial charge in [0.25, 0.3) is 0 Å². The summed E-state index contributed by atoms with van der Waals surface area (Å²) < 4.78 is 2.05. The van der Waals surface area contributed by atoms with Crippen LogP contribution in [0, 0.1) is 0 Å². The van der Waals surface area contributed by atoms with E-state index in [0.717, 1.165) is 35.5 Å². The summed E-state index contributed by atoms with van der Waals surface area (Å²) in [5.41, 5.74) is 2.07. The Kier molecular flexibility index (Phi) is 4.45. The van der Waals surface area contributed by atoms with Crippen molar-refractivity contribution in [3.63, 3.8) is 0 Å². The van der Waals surface area contributed by atoms with Crippen LogP contribution in [0.2, 0.25) is 5.02 Å². The van der Waals surface area contributed by atoms with Crippen LogP contribution in [0.15, 0.2) is 42.7 Å². The van der Waals surface area contributed by atoms with Crippen LogP contribution in [0.1, 0.15) is 37.0 Å². The van der Waals surface area contributed by atoms with Crippen LogP contribution < -0.4 is 0 Å². The van der Waals surface area contributed by atoms with Gasteiger partial charge in [0.1, 0.15) is 0 Å². The van der Waals surface area contributed by atoms with Gasteiger partial charge in [0.2, 0.25) is 0 Å². The van der Waals surface area contributed by atoms with Crippen LogP contribution in [0.3, 0.4) is 0 Å². The maximum Gasteiger partial charge on any atom is 0.0804 e. The minimum atomic E-state index is -0.359. The highest BCUT2D eigenvalue weighted by Gasteiger charge is 2.08. The van der Waals surface area contributed by atoms with Crippen LogP contribution >= 0.6 is 11.6 Å². The average Bonchev–Trinajstić information content (AvgIpc) is 2.81. The quantitative estimate of drug-likeness (QED) is 0.866. The van der Waals surface area contributed by atoms with Crippen molar-refractivity contribution in [2.75, 3.05) is 0 Å². The van der Waals surface area contributed by atoms with E-state index in [-0.39, 0.29) is 6.10 Å². The van der Waals surface area contributed by atoms with Gasteiger partial charge in [0.15, 0.2) is 0 Å². The van der Waals surface area contributed by atoms with Crippen molar-refractivity contribution in [3.8, 4) is 0 Å². The SMILES string of the molecule is CCCC(O)c1ccn(Cc2ccccc2Cl)c1. The molecule has 0 aliphatic heterocycles. The van der Waals surface area contributed by atoms with E-state index < -0.39 is 0 Å². The Balaban J connectivity index is 2.09. The molecule has 1 heterocycles. The molecular formula is C15H18ClNO. The van der Waals surface area contributed by atoms with Gasteiger partial charge >= 0.3 is 0 Å². The number of benzene rings is 1. The number of rotatable bonds is 5. The van der Waals surface area contributed by atoms with Crippen molar-refractivity contribution in [1.82, 2.24) is 4.57 Å². The van der Waals surface area contributed by atoms with Crippen LogP contribution in [-0.2, 0) is 6.54 Å². The molecule has 1 atom stereocenters. The lowest BCUT2D eigenvalue weighted by molar-refractivity contribution is 0.166. The van der Waals surface area contributed by atoms with E-state index in [9.17, 15) is 5.11 Å². The Morgan fingerprint density at radius 3 is 2.78 bits per heavy atom. The molecule has 0 saturated heterocycles. The molecule has 0 radical (unpaired) electrons. The van der Waals surface area contributed by atoms with Crippen LogP contribution in [0.4, 0.5) is 0 Å². The van der Waals surface area contributed by atoms with Crippen molar-refractivity contribution in [2.24, 2.45) is 0 Å². The summed E-state index contributed by atoms with van der Waals surface area (Å²) in [5, 5.41) is 10.7. The van der Waals surface area contributed by atoms with Gasteiger partial charge < -0.3 is 9.67 Å². The summed E-state index contributed by atoms with van der Waals surface area (Å²) in [7, 11) is 0. The van der Waals surface area contributed by atoms with E-state index in [1.165, 1.54) is 0 Å². The molecule has 1 N–H and O–H groups in total. The summed E-state index contributed by atoms with van der Waals surface area (Å²) in [4.78, 5) is 0. The number of aliphatic hydroxyl groups is 1. The van der Waals surface area contributed by atoms with Gasteiger partial charge in [-0.15, -0.1) is 0 Å². The molecule has 0 spiro atoms. The van der Waals surface area contributed by atoms with Crippen LogP contribution in [-0.4, -0.2) is 9.67 Å². The average molecular weight is 264 g/mol. The first kappa shape index (κ1) is 13.2. The molecule has 0 bridgehead atoms. The molecule has 0 aliphatic rings. The van der Waals surface area contributed by atoms with E-state index in [2.05, 4.69) is 11.5 Å². The molecule has 2 nitrogen and oxygen atoms in total. The molecule has 2 aromatic rings. The van der Waals surface area contributed by atoms with Gasteiger partial charge in [0.05, 0.1) is 6.10 Å². The van der Waals surface area contributed by atoms with Crippen LogP contribution in [0.5, 0.6) is 0 Å². The normalized spacial score (nSPS) is 12.6. The lowest BCUT2D eigenvalue weighted by Gasteiger charge is -2.07. The van der Waals surface area contributed by atoms with E-state index in [1.54, 1.807) is 0 Å². The Labute approximate surface area is 113 Å². The molecule has 0 aliphatic carbocycles. The third-order valence-corrected chi connectivity index (χ3v) is 3.40. The maximum atomic E-state index is 9.92. The minimum absolute atomic E-state index is 0.359. The zero-order chi connectivity index (χ0) is 13.0. The molecule has 2 rings (SSSR count). The predicted molar refractivity (Wildman–Crippen MR) is 74.9 cm³/mol. The fraction of sp³-hybridized carbons (Fsp3) is 0.333. The van der Waals surface area contributed by atoms with Gasteiger partial charge in [0, 0.05) is 24.0 Å². The van der Waals surface area contributed by atoms with Gasteiger partial charge in [-0.25, -0.2) is 0 Å². The highest BCUT2D eigenvalue weighted by molar-refractivity contribution is 6.31. The fourth-order valence-electron chi connectivity index (χ4n) is 2.02. The van der Waals surface area contributed by atoms with Crippen molar-refractivity contribution in [2.45, 2.75) is 32.4 Å². The topological polar surface area (TPSA) is 25.2 Å². The molecule has 1 unspecified atom stereocenters. The minimum Gasteiger partial charge on any atom is -0.388 e.